The highest BCUT2D eigenvalue weighted by atomic mass is 16.5. The molecule has 8 nitrogen and oxygen atoms in total. The summed E-state index contributed by atoms with van der Waals surface area (Å²) in [6.45, 7) is -0.0676. The second-order valence-corrected chi connectivity index (χ2v) is 5.93. The second kappa shape index (κ2) is 8.31. The first-order valence-electron chi connectivity index (χ1n) is 8.46. The summed E-state index contributed by atoms with van der Waals surface area (Å²) in [6, 6.07) is 10.0. The fourth-order valence-corrected chi connectivity index (χ4v) is 2.69. The first-order valence-corrected chi connectivity index (χ1v) is 8.46. The van der Waals surface area contributed by atoms with Crippen LogP contribution in [0.5, 0.6) is 0 Å². The Balaban J connectivity index is 1.36. The number of fused-ring (bicyclic) bond motifs is 1. The number of esters is 1. The predicted octanol–water partition coefficient (Wildman–Crippen LogP) is 1.52. The summed E-state index contributed by atoms with van der Waals surface area (Å²) in [5.74, 6) is -1.14. The number of carbonyl (C=O) groups is 4. The van der Waals surface area contributed by atoms with Gasteiger partial charge in [-0.3, -0.25) is 24.1 Å². The number of nitrogens with zero attached hydrogens (tertiary/aromatic N) is 1. The minimum Gasteiger partial charge on any atom is -0.467 e. The van der Waals surface area contributed by atoms with Crippen molar-refractivity contribution in [1.29, 1.82) is 0 Å². The molecule has 27 heavy (non-hydrogen) atoms. The van der Waals surface area contributed by atoms with Crippen LogP contribution in [-0.4, -0.2) is 41.7 Å². The van der Waals surface area contributed by atoms with Crippen LogP contribution in [-0.2, 0) is 20.9 Å². The number of hydrogen-bond donors (Lipinski definition) is 1. The number of rotatable bonds is 8. The molecule has 140 valence electrons. The molecule has 1 N–H and O–H groups in total. The molecule has 2 aromatic rings. The summed E-state index contributed by atoms with van der Waals surface area (Å²) in [5.41, 5.74) is 0.747. The molecular formula is C19H18N2O6. The van der Waals surface area contributed by atoms with Crippen molar-refractivity contribution in [2.45, 2.75) is 19.4 Å². The van der Waals surface area contributed by atoms with Crippen molar-refractivity contribution in [3.8, 4) is 0 Å². The number of nitrogens with one attached hydrogen (secondary N) is 1. The largest absolute Gasteiger partial charge is 0.467 e. The van der Waals surface area contributed by atoms with Crippen molar-refractivity contribution in [2.75, 3.05) is 13.2 Å². The third-order valence-electron chi connectivity index (χ3n) is 4.04. The highest BCUT2D eigenvalue weighted by Gasteiger charge is 2.34. The molecule has 2 heterocycles. The first-order chi connectivity index (χ1) is 13.1. The van der Waals surface area contributed by atoms with Gasteiger partial charge in [-0.25, -0.2) is 0 Å². The van der Waals surface area contributed by atoms with Crippen LogP contribution in [0.25, 0.3) is 0 Å². The lowest BCUT2D eigenvalue weighted by molar-refractivity contribution is -0.148. The van der Waals surface area contributed by atoms with Crippen LogP contribution < -0.4 is 5.32 Å². The number of hydrogen-bond acceptors (Lipinski definition) is 6. The van der Waals surface area contributed by atoms with Gasteiger partial charge in [-0.1, -0.05) is 12.1 Å². The van der Waals surface area contributed by atoms with Crippen molar-refractivity contribution in [2.24, 2.45) is 0 Å². The van der Waals surface area contributed by atoms with E-state index in [1.54, 1.807) is 36.4 Å². The maximum absolute atomic E-state index is 12.2. The average Bonchev–Trinajstić information content (AvgIpc) is 3.28. The zero-order valence-corrected chi connectivity index (χ0v) is 14.5. The fourth-order valence-electron chi connectivity index (χ4n) is 2.69. The Morgan fingerprint density at radius 2 is 1.74 bits per heavy atom. The van der Waals surface area contributed by atoms with E-state index in [2.05, 4.69) is 5.32 Å². The monoisotopic (exact) mass is 370 g/mol. The van der Waals surface area contributed by atoms with E-state index in [1.165, 1.54) is 6.26 Å². The molecule has 0 spiro atoms. The predicted molar refractivity (Wildman–Crippen MR) is 92.6 cm³/mol. The van der Waals surface area contributed by atoms with Crippen molar-refractivity contribution in [3.05, 3.63) is 59.5 Å². The third-order valence-corrected chi connectivity index (χ3v) is 4.04. The van der Waals surface area contributed by atoms with Crippen LogP contribution >= 0.6 is 0 Å². The number of furan rings is 1. The summed E-state index contributed by atoms with van der Waals surface area (Å²) in [6.07, 6.45) is 1.76. The molecule has 1 aliphatic rings. The topological polar surface area (TPSA) is 106 Å². The Hall–Kier alpha value is -3.42. The van der Waals surface area contributed by atoms with E-state index < -0.39 is 18.5 Å². The first kappa shape index (κ1) is 18.4. The molecule has 8 heteroatoms. The van der Waals surface area contributed by atoms with Crippen molar-refractivity contribution < 1.29 is 28.3 Å². The van der Waals surface area contributed by atoms with Gasteiger partial charge in [-0.2, -0.15) is 0 Å². The highest BCUT2D eigenvalue weighted by Crippen LogP contribution is 2.22. The van der Waals surface area contributed by atoms with Gasteiger partial charge < -0.3 is 14.5 Å². The lowest BCUT2D eigenvalue weighted by atomic mass is 10.1. The van der Waals surface area contributed by atoms with Crippen LogP contribution in [0.15, 0.2) is 47.1 Å². The lowest BCUT2D eigenvalue weighted by Gasteiger charge is -2.13. The van der Waals surface area contributed by atoms with Gasteiger partial charge >= 0.3 is 5.97 Å². The number of carbonyl (C=O) groups excluding carboxylic acids is 4. The zero-order valence-electron chi connectivity index (χ0n) is 14.5. The molecule has 0 fully saturated rings. The molecule has 0 unspecified atom stereocenters. The van der Waals surface area contributed by atoms with E-state index in [1.807, 2.05) is 0 Å². The molecule has 0 atom stereocenters. The lowest BCUT2D eigenvalue weighted by Crippen LogP contribution is -2.31. The molecule has 0 aliphatic carbocycles. The number of benzene rings is 1. The maximum Gasteiger partial charge on any atom is 0.306 e. The minimum absolute atomic E-state index is 0.00112. The van der Waals surface area contributed by atoms with Gasteiger partial charge in [-0.05, 0) is 30.7 Å². The van der Waals surface area contributed by atoms with E-state index in [9.17, 15) is 19.2 Å². The standard InChI is InChI=1S/C19H18N2O6/c22-16(20-11-13-5-4-10-26-13)12-27-17(23)8-3-9-21-18(24)14-6-1-2-7-15(14)19(21)25/h1-2,4-7,10H,3,8-9,11-12H2,(H,20,22). The van der Waals surface area contributed by atoms with Gasteiger partial charge in [0.05, 0.1) is 23.9 Å². The quantitative estimate of drug-likeness (QED) is 0.558. The van der Waals surface area contributed by atoms with Gasteiger partial charge in [0.15, 0.2) is 6.61 Å². The second-order valence-electron chi connectivity index (χ2n) is 5.93. The smallest absolute Gasteiger partial charge is 0.306 e. The van der Waals surface area contributed by atoms with Crippen LogP contribution in [0, 0.1) is 0 Å². The maximum atomic E-state index is 12.2. The molecule has 1 aromatic heterocycles. The Morgan fingerprint density at radius 3 is 2.37 bits per heavy atom. The van der Waals surface area contributed by atoms with E-state index in [-0.39, 0.29) is 37.7 Å². The van der Waals surface area contributed by atoms with Crippen LogP contribution in [0.4, 0.5) is 0 Å². The molecule has 0 saturated heterocycles. The SMILES string of the molecule is O=C(COC(=O)CCCN1C(=O)c2ccccc2C1=O)NCc1ccco1. The van der Waals surface area contributed by atoms with Crippen LogP contribution in [0.1, 0.15) is 39.3 Å². The Morgan fingerprint density at radius 1 is 1.04 bits per heavy atom. The van der Waals surface area contributed by atoms with Gasteiger partial charge in [0, 0.05) is 13.0 Å². The zero-order chi connectivity index (χ0) is 19.2. The van der Waals surface area contributed by atoms with Crippen molar-refractivity contribution in [3.63, 3.8) is 0 Å². The average molecular weight is 370 g/mol. The molecule has 0 bridgehead atoms. The van der Waals surface area contributed by atoms with Gasteiger partial charge in [0.2, 0.25) is 0 Å². The van der Waals surface area contributed by atoms with Gasteiger partial charge in [0.25, 0.3) is 17.7 Å². The molecule has 3 rings (SSSR count). The summed E-state index contributed by atoms with van der Waals surface area (Å²) in [5, 5.41) is 2.56. The molecule has 1 aliphatic heterocycles. The van der Waals surface area contributed by atoms with E-state index >= 15 is 0 Å². The molecule has 0 saturated carbocycles. The van der Waals surface area contributed by atoms with Gasteiger partial charge in [0.1, 0.15) is 5.76 Å². The van der Waals surface area contributed by atoms with Crippen molar-refractivity contribution >= 4 is 23.7 Å². The molecule has 3 amide bonds. The van der Waals surface area contributed by atoms with E-state index in [0.717, 1.165) is 4.90 Å². The number of amides is 3. The summed E-state index contributed by atoms with van der Waals surface area (Å²) in [7, 11) is 0. The van der Waals surface area contributed by atoms with Gasteiger partial charge in [-0.15, -0.1) is 0 Å². The highest BCUT2D eigenvalue weighted by molar-refractivity contribution is 6.21. The number of ether oxygens (including phenoxy) is 1. The molecular weight excluding hydrogens is 352 g/mol. The fraction of sp³-hybridized carbons (Fsp3) is 0.263. The summed E-state index contributed by atoms with van der Waals surface area (Å²) < 4.78 is 9.95. The van der Waals surface area contributed by atoms with Crippen molar-refractivity contribution in [1.82, 2.24) is 10.2 Å². The van der Waals surface area contributed by atoms with E-state index in [4.69, 9.17) is 9.15 Å². The summed E-state index contributed by atoms with van der Waals surface area (Å²) in [4.78, 5) is 48.8. The Kier molecular flexibility index (Phi) is 5.65. The Bertz CT molecular complexity index is 824. The molecule has 1 aromatic carbocycles. The third kappa shape index (κ3) is 4.41. The minimum atomic E-state index is -0.570. The number of imide groups is 1. The Labute approximate surface area is 155 Å². The molecule has 0 radical (unpaired) electrons. The normalized spacial score (nSPS) is 12.8. The summed E-state index contributed by atoms with van der Waals surface area (Å²) >= 11 is 0. The van der Waals surface area contributed by atoms with Crippen LogP contribution in [0.2, 0.25) is 0 Å². The van der Waals surface area contributed by atoms with E-state index in [0.29, 0.717) is 16.9 Å². The van der Waals surface area contributed by atoms with Crippen LogP contribution in [0.3, 0.4) is 0 Å².